The molecule has 2 unspecified atom stereocenters. The number of ether oxygens (including phenoxy) is 6. The topological polar surface area (TPSA) is 163 Å². The summed E-state index contributed by atoms with van der Waals surface area (Å²) < 4.78 is 39.3. The summed E-state index contributed by atoms with van der Waals surface area (Å²) in [5, 5.41) is 9.16. The van der Waals surface area contributed by atoms with Crippen molar-refractivity contribution in [2.24, 2.45) is 40.4 Å². The van der Waals surface area contributed by atoms with Gasteiger partial charge >= 0.3 is 18.3 Å². The molecule has 3 saturated carbocycles. The Hall–Kier alpha value is -7.78. The molecule has 6 aromatic carbocycles. The fourth-order valence-electron chi connectivity index (χ4n) is 19.8. The highest BCUT2D eigenvalue weighted by atomic mass is 16.6. The quantitative estimate of drug-likeness (QED) is 0.0194. The lowest BCUT2D eigenvalue weighted by Crippen LogP contribution is -2.59. The lowest BCUT2D eigenvalue weighted by Gasteiger charge is -2.60. The maximum absolute atomic E-state index is 13.5. The number of hydrogen-bond donors (Lipinski definition) is 3. The number of fused-ring (bicyclic) bond motifs is 10. The van der Waals surface area contributed by atoms with Crippen molar-refractivity contribution < 1.29 is 47.6 Å². The van der Waals surface area contributed by atoms with Crippen molar-refractivity contribution in [2.75, 3.05) is 72.4 Å². The number of amides is 4. The van der Waals surface area contributed by atoms with Crippen molar-refractivity contribution >= 4 is 24.2 Å². The highest BCUT2D eigenvalue weighted by Gasteiger charge is 2.63. The van der Waals surface area contributed by atoms with Crippen molar-refractivity contribution in [1.29, 1.82) is 0 Å². The van der Waals surface area contributed by atoms with E-state index in [2.05, 4.69) is 203 Å². The molecule has 14 heteroatoms. The molecule has 0 heterocycles. The lowest BCUT2D eigenvalue weighted by molar-refractivity contribution is -0.192. The van der Waals surface area contributed by atoms with Crippen LogP contribution in [0.2, 0.25) is 0 Å². The Bertz CT molecular complexity index is 3690. The number of nitrogens with one attached hydrogen (secondary N) is 3. The van der Waals surface area contributed by atoms with Crippen LogP contribution < -0.4 is 16.0 Å². The second-order valence-electron chi connectivity index (χ2n) is 31.2. The Labute approximate surface area is 619 Å². The number of carbonyl (C=O) groups is 4. The number of benzene rings is 6. The molecule has 3 fully saturated rings. The van der Waals surface area contributed by atoms with E-state index >= 15 is 0 Å². The van der Waals surface area contributed by atoms with Gasteiger partial charge in [-0.3, -0.25) is 4.79 Å². The van der Waals surface area contributed by atoms with Crippen LogP contribution in [0.4, 0.5) is 14.4 Å². The minimum atomic E-state index is -0.416. The van der Waals surface area contributed by atoms with Gasteiger partial charge in [-0.2, -0.15) is 0 Å². The minimum Gasteiger partial charge on any atom is -0.449 e. The van der Waals surface area contributed by atoms with Gasteiger partial charge in [0.2, 0.25) is 5.91 Å². The van der Waals surface area contributed by atoms with E-state index in [4.69, 9.17) is 28.4 Å². The van der Waals surface area contributed by atoms with Gasteiger partial charge in [0.1, 0.15) is 19.8 Å². The van der Waals surface area contributed by atoms with Gasteiger partial charge in [-0.05, 0) is 198 Å². The van der Waals surface area contributed by atoms with Crippen LogP contribution in [0.3, 0.4) is 0 Å². The molecule has 14 nitrogen and oxygen atoms in total. The summed E-state index contributed by atoms with van der Waals surface area (Å²) in [5.41, 5.74) is 14.1. The van der Waals surface area contributed by atoms with Crippen LogP contribution in [0.15, 0.2) is 158 Å². The Morgan fingerprint density at radius 3 is 1.37 bits per heavy atom. The molecule has 6 aliphatic carbocycles. The fourth-order valence-corrected chi connectivity index (χ4v) is 19.8. The zero-order valence-corrected chi connectivity index (χ0v) is 62.7. The molecule has 0 aromatic heterocycles. The van der Waals surface area contributed by atoms with Crippen molar-refractivity contribution in [3.05, 3.63) is 192 Å². The van der Waals surface area contributed by atoms with Crippen LogP contribution in [0.5, 0.6) is 0 Å². The summed E-state index contributed by atoms with van der Waals surface area (Å²) in [6, 6.07) is 50.4. The van der Waals surface area contributed by atoms with E-state index in [1.54, 1.807) is 0 Å². The van der Waals surface area contributed by atoms with E-state index in [9.17, 15) is 19.2 Å². The number of alkyl carbamates (subject to hydrolysis) is 3. The average Bonchev–Trinajstić information content (AvgIpc) is 1.42. The predicted molar refractivity (Wildman–Crippen MR) is 414 cm³/mol. The van der Waals surface area contributed by atoms with E-state index in [0.29, 0.717) is 76.5 Å². The molecule has 6 aliphatic rings. The Morgan fingerprint density at radius 2 is 0.923 bits per heavy atom. The maximum Gasteiger partial charge on any atom is 0.407 e. The van der Waals surface area contributed by atoms with Gasteiger partial charge in [0.25, 0.3) is 0 Å². The molecule has 8 atom stereocenters. The summed E-state index contributed by atoms with van der Waals surface area (Å²) in [6.45, 7) is 21.2. The van der Waals surface area contributed by atoms with Crippen molar-refractivity contribution in [3.63, 3.8) is 0 Å². The van der Waals surface area contributed by atoms with Gasteiger partial charge in [-0.1, -0.05) is 219 Å². The summed E-state index contributed by atoms with van der Waals surface area (Å²) in [4.78, 5) is 55.5. The fraction of sp³-hybridized carbons (Fsp3) is 0.533. The molecule has 6 aromatic rings. The Balaban J connectivity index is 0.707. The average molecular weight is 1410 g/mol. The molecule has 4 amide bonds. The smallest absolute Gasteiger partial charge is 0.407 e. The van der Waals surface area contributed by atoms with Crippen molar-refractivity contribution in [3.8, 4) is 33.4 Å². The van der Waals surface area contributed by atoms with Crippen molar-refractivity contribution in [1.82, 2.24) is 20.9 Å². The SMILES string of the molecule is C=CC(=O)N(CCCCCCCC)CCC[C@@H](C)[C@H]1CC[C@H]2C([C@@H](CC)OCCCNC(=O)OCC3c4ccccc4-c4ccccc43)[C@@H]([C@]3(C)CC[C@H](OCCCNC(=O)OCC4c5ccccc5-c5ccccc54)CC3)C[C@H](OCCCNC(=O)OCC3c4ccccc4-c4ccccc43)C12C. The van der Waals surface area contributed by atoms with Crippen LogP contribution >= 0.6 is 0 Å². The van der Waals surface area contributed by atoms with Crippen molar-refractivity contribution in [2.45, 2.75) is 193 Å². The third kappa shape index (κ3) is 17.5. The van der Waals surface area contributed by atoms with Gasteiger partial charge < -0.3 is 49.3 Å². The predicted octanol–water partition coefficient (Wildman–Crippen LogP) is 19.4. The molecule has 0 bridgehead atoms. The number of hydrogen-bond acceptors (Lipinski definition) is 10. The number of carbonyl (C=O) groups excluding carboxylic acids is 4. The molecule has 556 valence electrons. The first-order valence-electron chi connectivity index (χ1n) is 39.9. The number of rotatable bonds is 37. The highest BCUT2D eigenvalue weighted by molar-refractivity contribution is 5.87. The first-order valence-corrected chi connectivity index (χ1v) is 39.9. The molecular formula is C90H116N4O10. The molecule has 0 spiro atoms. The molecule has 104 heavy (non-hydrogen) atoms. The zero-order chi connectivity index (χ0) is 72.4. The molecule has 12 rings (SSSR count). The van der Waals surface area contributed by atoms with E-state index < -0.39 is 18.3 Å². The normalized spacial score (nSPS) is 22.7. The standard InChI is InChI=1S/C90H116N4O10/c1-7-10-11-12-13-26-53-94(84(95)9-3)54-27-31-62(4)79-44-45-80-85(82(8-2)100-56-29-51-92-87(97)103-60-77-72-40-22-16-34-66(72)67-35-17-23-41-73(67)77)81(58-83(90(79,80)6)101-57-30-52-93-88(98)104-61-78-74-42-24-18-36-68(74)69-37-19-25-43-75(69)78)89(5)48-46-63(47-49-89)99-55-28-50-91-86(96)102-59-76-70-38-20-14-32-64(70)65-33-15-21-39-71(65)76/h9,14-25,32-43,62-63,76-83,85H,3,7-8,10-13,26-31,44-61H2,1-2,4-6H3,(H,91,96)(H,92,97)(H,93,98)/t62-,63-,79-,80+,81+,82-,83+,85?,89+,90?/m1/s1. The van der Waals surface area contributed by atoms with Gasteiger partial charge in [0.15, 0.2) is 0 Å². The molecule has 0 aliphatic heterocycles. The third-order valence-electron chi connectivity index (χ3n) is 25.1. The Morgan fingerprint density at radius 1 is 0.510 bits per heavy atom. The van der Waals surface area contributed by atoms with Crippen LogP contribution in [0.1, 0.15) is 208 Å². The lowest BCUT2D eigenvalue weighted by atomic mass is 9.48. The minimum absolute atomic E-state index is 0.00463. The summed E-state index contributed by atoms with van der Waals surface area (Å²) in [7, 11) is 0. The van der Waals surface area contributed by atoms with Crippen LogP contribution in [-0.2, 0) is 33.2 Å². The molecule has 3 N–H and O–H groups in total. The third-order valence-corrected chi connectivity index (χ3v) is 25.1. The maximum atomic E-state index is 13.5. The zero-order valence-electron chi connectivity index (χ0n) is 62.7. The van der Waals surface area contributed by atoms with E-state index in [1.165, 1.54) is 98.5 Å². The molecule has 0 radical (unpaired) electrons. The van der Waals surface area contributed by atoms with E-state index in [-0.39, 0.29) is 84.5 Å². The number of unbranched alkanes of at least 4 members (excludes halogenated alkanes) is 5. The monoisotopic (exact) mass is 1410 g/mol. The highest BCUT2D eigenvalue weighted by Crippen LogP contribution is 2.67. The Kier molecular flexibility index (Phi) is 26.6. The summed E-state index contributed by atoms with van der Waals surface area (Å²) >= 11 is 0. The van der Waals surface area contributed by atoms with Gasteiger partial charge in [-0.15, -0.1) is 0 Å². The molecule has 0 saturated heterocycles. The largest absolute Gasteiger partial charge is 0.449 e. The first kappa shape index (κ1) is 75.9. The van der Waals surface area contributed by atoms with Gasteiger partial charge in [0.05, 0.1) is 18.3 Å². The number of nitrogens with zero attached hydrogens (tertiary/aromatic N) is 1. The van der Waals surface area contributed by atoms with Crippen LogP contribution in [-0.4, -0.2) is 120 Å². The van der Waals surface area contributed by atoms with E-state index in [0.717, 1.165) is 90.1 Å². The first-order chi connectivity index (χ1) is 50.8. The van der Waals surface area contributed by atoms with Crippen LogP contribution in [0.25, 0.3) is 33.4 Å². The van der Waals surface area contributed by atoms with Crippen LogP contribution in [0, 0.1) is 40.4 Å². The summed E-state index contributed by atoms with van der Waals surface area (Å²) in [6.07, 6.45) is 19.1. The van der Waals surface area contributed by atoms with Gasteiger partial charge in [0, 0.05) is 75.7 Å². The van der Waals surface area contributed by atoms with E-state index in [1.807, 2.05) is 4.90 Å². The van der Waals surface area contributed by atoms with Gasteiger partial charge in [-0.25, -0.2) is 14.4 Å². The molecular weight excluding hydrogens is 1300 g/mol. The second-order valence-corrected chi connectivity index (χ2v) is 31.2. The second kappa shape index (κ2) is 36.5. The summed E-state index contributed by atoms with van der Waals surface area (Å²) in [5.74, 6) is 1.58.